The molecule has 9 nitrogen and oxygen atoms in total. The minimum atomic E-state index is -1.00. The largest absolute Gasteiger partial charge is 0.497 e. The number of likely N-dealkylation sites (tertiary alicyclic amines) is 1. The van der Waals surface area contributed by atoms with E-state index in [0.29, 0.717) is 32.4 Å². The van der Waals surface area contributed by atoms with Crippen LogP contribution in [0.15, 0.2) is 78.9 Å². The number of nitrogens with one attached hydrogen (secondary N) is 1. The van der Waals surface area contributed by atoms with Gasteiger partial charge in [0.15, 0.2) is 0 Å². The van der Waals surface area contributed by atoms with Gasteiger partial charge >= 0.3 is 0 Å². The lowest BCUT2D eigenvalue weighted by Gasteiger charge is -2.38. The summed E-state index contributed by atoms with van der Waals surface area (Å²) in [6.45, 7) is 1.79. The Morgan fingerprint density at radius 2 is 1.38 bits per heavy atom. The summed E-state index contributed by atoms with van der Waals surface area (Å²) >= 11 is 0. The van der Waals surface area contributed by atoms with Gasteiger partial charge in [0, 0.05) is 25.9 Å². The van der Waals surface area contributed by atoms with Crippen molar-refractivity contribution in [1.82, 2.24) is 10.2 Å². The van der Waals surface area contributed by atoms with E-state index in [4.69, 9.17) is 19.9 Å². The van der Waals surface area contributed by atoms with E-state index < -0.39 is 11.7 Å². The van der Waals surface area contributed by atoms with Crippen molar-refractivity contribution in [3.05, 3.63) is 95.6 Å². The van der Waals surface area contributed by atoms with Crippen molar-refractivity contribution in [3.63, 3.8) is 0 Å². The molecule has 3 aromatic carbocycles. The van der Waals surface area contributed by atoms with Gasteiger partial charge in [0.2, 0.25) is 11.8 Å². The van der Waals surface area contributed by atoms with Crippen molar-refractivity contribution in [1.29, 1.82) is 0 Å². The smallest absolute Gasteiger partial charge is 0.222 e. The van der Waals surface area contributed by atoms with Crippen molar-refractivity contribution in [2.45, 2.75) is 75.5 Å². The van der Waals surface area contributed by atoms with Crippen molar-refractivity contribution < 1.29 is 28.9 Å². The highest BCUT2D eigenvalue weighted by Crippen LogP contribution is 2.42. The number of methoxy groups -OCH3 is 2. The second-order valence-electron chi connectivity index (χ2n) is 12.2. The van der Waals surface area contributed by atoms with E-state index in [1.165, 1.54) is 0 Å². The Morgan fingerprint density at radius 1 is 0.809 bits per heavy atom. The van der Waals surface area contributed by atoms with Gasteiger partial charge < -0.3 is 35.3 Å². The van der Waals surface area contributed by atoms with Gasteiger partial charge in [-0.2, -0.15) is 0 Å². The number of hydrogen-bond acceptors (Lipinski definition) is 7. The second-order valence-corrected chi connectivity index (χ2v) is 12.2. The van der Waals surface area contributed by atoms with Crippen LogP contribution in [0, 0.1) is 0 Å². The van der Waals surface area contributed by atoms with E-state index in [1.807, 2.05) is 78.9 Å². The fourth-order valence-electron chi connectivity index (χ4n) is 6.30. The van der Waals surface area contributed by atoms with Crippen molar-refractivity contribution in [3.8, 4) is 11.5 Å². The van der Waals surface area contributed by atoms with Crippen LogP contribution in [0.25, 0.3) is 0 Å². The topological polar surface area (TPSA) is 123 Å². The molecule has 1 aliphatic heterocycles. The summed E-state index contributed by atoms with van der Waals surface area (Å²) in [6.07, 6.45) is 5.90. The first-order chi connectivity index (χ1) is 22.9. The number of rotatable bonds is 19. The van der Waals surface area contributed by atoms with Crippen LogP contribution < -0.4 is 20.5 Å². The third-order valence-corrected chi connectivity index (χ3v) is 8.88. The van der Waals surface area contributed by atoms with Crippen LogP contribution in [0.5, 0.6) is 11.5 Å². The summed E-state index contributed by atoms with van der Waals surface area (Å²) < 4.78 is 17.9. The van der Waals surface area contributed by atoms with E-state index in [9.17, 15) is 14.7 Å². The van der Waals surface area contributed by atoms with Crippen molar-refractivity contribution >= 4 is 11.8 Å². The number of nitrogens with zero attached hydrogens (tertiary/aromatic N) is 1. The molecule has 4 N–H and O–H groups in total. The van der Waals surface area contributed by atoms with Gasteiger partial charge in [0.1, 0.15) is 17.1 Å². The van der Waals surface area contributed by atoms with Crippen LogP contribution in [0.2, 0.25) is 0 Å². The summed E-state index contributed by atoms with van der Waals surface area (Å²) in [6, 6.07) is 25.5. The first-order valence-corrected chi connectivity index (χ1v) is 16.8. The molecule has 0 aliphatic carbocycles. The molecule has 2 amide bonds. The fraction of sp³-hybridized carbons (Fsp3) is 0.474. The van der Waals surface area contributed by atoms with E-state index in [0.717, 1.165) is 66.7 Å². The van der Waals surface area contributed by atoms with Gasteiger partial charge in [-0.15, -0.1) is 0 Å². The molecule has 9 heteroatoms. The highest BCUT2D eigenvalue weighted by molar-refractivity contribution is 5.77. The maximum absolute atomic E-state index is 13.4. The molecule has 1 fully saturated rings. The summed E-state index contributed by atoms with van der Waals surface area (Å²) in [5.74, 6) is 1.56. The monoisotopic (exact) mass is 645 g/mol. The van der Waals surface area contributed by atoms with Crippen LogP contribution in [0.4, 0.5) is 0 Å². The van der Waals surface area contributed by atoms with Crippen molar-refractivity contribution in [2.75, 3.05) is 40.5 Å². The predicted octanol–water partition coefficient (Wildman–Crippen LogP) is 5.17. The summed E-state index contributed by atoms with van der Waals surface area (Å²) in [4.78, 5) is 27.2. The number of β-amino-alcohol motifs (C(OH)–C–C–N with tert-alkyl or cyclic N) is 1. The molecule has 3 aromatic rings. The summed E-state index contributed by atoms with van der Waals surface area (Å²) in [7, 11) is 3.28. The maximum atomic E-state index is 13.4. The Hall–Kier alpha value is -3.92. The van der Waals surface area contributed by atoms with Crippen LogP contribution >= 0.6 is 0 Å². The zero-order chi connectivity index (χ0) is 33.5. The van der Waals surface area contributed by atoms with Crippen LogP contribution in [-0.4, -0.2) is 74.4 Å². The second kappa shape index (κ2) is 18.4. The lowest BCUT2D eigenvalue weighted by molar-refractivity contribution is -0.134. The molecule has 254 valence electrons. The lowest BCUT2D eigenvalue weighted by atomic mass is 9.80. The van der Waals surface area contributed by atoms with E-state index in [1.54, 1.807) is 19.1 Å². The third kappa shape index (κ3) is 9.79. The summed E-state index contributed by atoms with van der Waals surface area (Å²) in [5.41, 5.74) is 7.27. The highest BCUT2D eigenvalue weighted by atomic mass is 16.5. The molecule has 0 saturated carbocycles. The number of carbonyl (C=O) groups excluding carboxylic acids is 2. The molecule has 2 atom stereocenters. The SMILES string of the molecule is COc1ccc(C(OC[C@@H]2C[C@@H](O)CN2C(=O)CCCCCNC(=O)CCCCCN)(c2ccccc2)c2ccc(OC)cc2)cc1. The number of benzene rings is 3. The highest BCUT2D eigenvalue weighted by Gasteiger charge is 2.41. The molecular weight excluding hydrogens is 594 g/mol. The first-order valence-electron chi connectivity index (χ1n) is 16.8. The minimum absolute atomic E-state index is 0.0123. The van der Waals surface area contributed by atoms with E-state index >= 15 is 0 Å². The van der Waals surface area contributed by atoms with Gasteiger partial charge in [-0.05, 0) is 79.6 Å². The Kier molecular flexibility index (Phi) is 14.1. The molecule has 0 spiro atoms. The zero-order valence-electron chi connectivity index (χ0n) is 27.9. The zero-order valence-corrected chi connectivity index (χ0v) is 27.9. The molecule has 47 heavy (non-hydrogen) atoms. The average Bonchev–Trinajstić information content (AvgIpc) is 3.49. The maximum Gasteiger partial charge on any atom is 0.222 e. The minimum Gasteiger partial charge on any atom is -0.497 e. The number of carbonyl (C=O) groups is 2. The molecule has 1 aliphatic rings. The van der Waals surface area contributed by atoms with Crippen LogP contribution in [0.1, 0.15) is 74.5 Å². The lowest BCUT2D eigenvalue weighted by Crippen LogP contribution is -2.42. The molecule has 0 radical (unpaired) electrons. The summed E-state index contributed by atoms with van der Waals surface area (Å²) in [5, 5.41) is 13.6. The average molecular weight is 646 g/mol. The Morgan fingerprint density at radius 3 is 1.98 bits per heavy atom. The van der Waals surface area contributed by atoms with Gasteiger partial charge in [0.25, 0.3) is 0 Å². The first kappa shape index (κ1) is 35.9. The number of unbranched alkanes of at least 4 members (excludes halogenated alkanes) is 4. The van der Waals surface area contributed by atoms with Crippen LogP contribution in [-0.2, 0) is 19.9 Å². The Labute approximate surface area is 279 Å². The van der Waals surface area contributed by atoms with Gasteiger partial charge in [-0.1, -0.05) is 67.4 Å². The third-order valence-electron chi connectivity index (χ3n) is 8.88. The molecule has 1 heterocycles. The normalized spacial score (nSPS) is 16.2. The quantitative estimate of drug-likeness (QED) is 0.121. The van der Waals surface area contributed by atoms with Crippen LogP contribution in [0.3, 0.4) is 0 Å². The van der Waals surface area contributed by atoms with Crippen molar-refractivity contribution in [2.24, 2.45) is 5.73 Å². The number of nitrogens with two attached hydrogens (primary N) is 1. The van der Waals surface area contributed by atoms with E-state index in [-0.39, 0.29) is 31.0 Å². The predicted molar refractivity (Wildman–Crippen MR) is 183 cm³/mol. The number of ether oxygens (including phenoxy) is 3. The van der Waals surface area contributed by atoms with Gasteiger partial charge in [-0.25, -0.2) is 0 Å². The Bertz CT molecular complexity index is 1320. The standard InChI is InChI=1S/C38H51N3O6/c1-45-34-20-16-30(17-21-34)38(29-12-6-3-7-13-29,31-18-22-35(46-2)23-19-31)47-28-32-26-33(42)27-41(32)37(44)15-9-5-11-25-40-36(43)14-8-4-10-24-39/h3,6-7,12-13,16-23,32-33,42H,4-5,8-11,14-15,24-28,39H2,1-2H3,(H,40,43)/t32-,33+/m0/s1. The fourth-order valence-corrected chi connectivity index (χ4v) is 6.30. The number of hydrogen-bond donors (Lipinski definition) is 3. The molecule has 0 unspecified atom stereocenters. The molecule has 4 rings (SSSR count). The number of amides is 2. The number of aliphatic hydroxyl groups is 1. The number of aliphatic hydroxyl groups excluding tert-OH is 1. The Balaban J connectivity index is 1.45. The molecular formula is C38H51N3O6. The molecule has 0 bridgehead atoms. The molecule has 1 saturated heterocycles. The van der Waals surface area contributed by atoms with Gasteiger partial charge in [-0.3, -0.25) is 9.59 Å². The van der Waals surface area contributed by atoms with E-state index in [2.05, 4.69) is 5.32 Å². The van der Waals surface area contributed by atoms with Gasteiger partial charge in [0.05, 0.1) is 33.0 Å². The molecule has 0 aromatic heterocycles.